The molecule has 4 heteroatoms. The van der Waals surface area contributed by atoms with Crippen molar-refractivity contribution in [2.75, 3.05) is 0 Å². The molecule has 29 heavy (non-hydrogen) atoms. The van der Waals surface area contributed by atoms with Crippen LogP contribution in [0, 0.1) is 11.8 Å². The van der Waals surface area contributed by atoms with Crippen molar-refractivity contribution in [3.63, 3.8) is 0 Å². The third kappa shape index (κ3) is 3.11. The van der Waals surface area contributed by atoms with Crippen molar-refractivity contribution in [3.8, 4) is 0 Å². The van der Waals surface area contributed by atoms with Crippen LogP contribution in [0.25, 0.3) is 0 Å². The van der Waals surface area contributed by atoms with Crippen molar-refractivity contribution in [1.29, 1.82) is 0 Å². The smallest absolute Gasteiger partial charge is 0.0539 e. The molecule has 1 aliphatic heterocycles. The molecule has 172 valence electrons. The lowest BCUT2D eigenvalue weighted by Crippen LogP contribution is -2.81. The summed E-state index contributed by atoms with van der Waals surface area (Å²) in [6.07, 6.45) is 0. The average molecular weight is 469 g/mol. The van der Waals surface area contributed by atoms with Crippen LogP contribution >= 0.6 is 0 Å². The molecule has 0 atom stereocenters. The Labute approximate surface area is 191 Å². The van der Waals surface area contributed by atoms with E-state index in [0.717, 1.165) is 45.1 Å². The van der Waals surface area contributed by atoms with Gasteiger partial charge < -0.3 is 0 Å². The molecule has 1 fully saturated rings. The molecule has 0 aliphatic carbocycles. The predicted molar refractivity (Wildman–Crippen MR) is 146 cm³/mol. The summed E-state index contributed by atoms with van der Waals surface area (Å²) in [4.78, 5) is 0. The summed E-state index contributed by atoms with van der Waals surface area (Å²) < 4.78 is 0.636. The maximum absolute atomic E-state index is 2.71. The lowest BCUT2D eigenvalue weighted by Gasteiger charge is -2.67. The van der Waals surface area contributed by atoms with E-state index in [9.17, 15) is 0 Å². The number of hydrogen-bond acceptors (Lipinski definition) is 0. The second-order valence-electron chi connectivity index (χ2n) is 12.8. The maximum atomic E-state index is 2.71. The summed E-state index contributed by atoms with van der Waals surface area (Å²) in [5.41, 5.74) is 5.54. The van der Waals surface area contributed by atoms with Crippen LogP contribution in [0.1, 0.15) is 111 Å². The number of hydrogen-bond donors (Lipinski definition) is 0. The van der Waals surface area contributed by atoms with Crippen molar-refractivity contribution >= 4 is 30.8 Å². The molecule has 0 unspecified atom stereocenters. The van der Waals surface area contributed by atoms with Gasteiger partial charge in [0.05, 0.1) is 7.59 Å². The first-order chi connectivity index (χ1) is 13.0. The van der Waals surface area contributed by atoms with E-state index < -0.39 is 21.8 Å². The summed E-state index contributed by atoms with van der Waals surface area (Å²) in [5.74, 6) is 1.65. The molecule has 0 saturated carbocycles. The van der Waals surface area contributed by atoms with Gasteiger partial charge in [0.25, 0.3) is 0 Å². The monoisotopic (exact) mass is 468 g/mol. The fourth-order valence-electron chi connectivity index (χ4n) is 10.2. The second kappa shape index (κ2) is 9.02. The van der Waals surface area contributed by atoms with Crippen molar-refractivity contribution < 1.29 is 0 Å². The van der Waals surface area contributed by atoms with Crippen LogP contribution in [0.4, 0.5) is 0 Å². The average Bonchev–Trinajstić information content (AvgIpc) is 2.82. The first-order valence-electron chi connectivity index (χ1n) is 12.8. The fourth-order valence-corrected chi connectivity index (χ4v) is 111. The van der Waals surface area contributed by atoms with Gasteiger partial charge in [-0.15, -0.1) is 0 Å². The molecule has 0 amide bonds. The molecule has 0 N–H and O–H groups in total. The maximum Gasteiger partial charge on any atom is 0.0539 e. The van der Waals surface area contributed by atoms with Gasteiger partial charge in [-0.1, -0.05) is 144 Å². The highest BCUT2D eigenvalue weighted by Gasteiger charge is 2.83. The van der Waals surface area contributed by atoms with Crippen molar-refractivity contribution in [3.05, 3.63) is 0 Å². The normalized spacial score (nSPS) is 23.2. The third-order valence-electron chi connectivity index (χ3n) is 9.75. The summed E-state index contributed by atoms with van der Waals surface area (Å²) in [6, 6.07) is 0. The first kappa shape index (κ1) is 27.9. The van der Waals surface area contributed by atoms with E-state index in [2.05, 4.69) is 111 Å². The predicted octanol–water partition coefficient (Wildman–Crippen LogP) is 9.17. The van der Waals surface area contributed by atoms with Gasteiger partial charge in [-0.3, -0.25) is 0 Å². The van der Waals surface area contributed by atoms with Gasteiger partial charge in [-0.05, 0) is 16.5 Å². The van der Waals surface area contributed by atoms with E-state index >= 15 is 0 Å². The molecule has 1 heterocycles. The van der Waals surface area contributed by atoms with Crippen LogP contribution in [-0.4, -0.2) is 30.8 Å². The Morgan fingerprint density at radius 3 is 0.931 bits per heavy atom. The van der Waals surface area contributed by atoms with Crippen LogP contribution in [0.15, 0.2) is 0 Å². The van der Waals surface area contributed by atoms with Gasteiger partial charge in [0.1, 0.15) is 0 Å². The SMILES string of the molecule is CC(C)C1(C(C)C)[Si][Si](C(C)C)(C(C)C)[Si](C(C)C)(C(C)C)[Si]1(C(C)C)C(C)C. The Kier molecular flexibility index (Phi) is 8.67. The molecule has 0 aromatic heterocycles. The van der Waals surface area contributed by atoms with E-state index in [4.69, 9.17) is 0 Å². The molecule has 0 aromatic rings. The minimum absolute atomic E-state index is 0.636. The van der Waals surface area contributed by atoms with Crippen LogP contribution in [0.2, 0.25) is 37.9 Å². The molecule has 1 aliphatic rings. The molecule has 0 nitrogen and oxygen atoms in total. The molecular weight excluding hydrogens is 413 g/mol. The largest absolute Gasteiger partial charge is 0.0656 e. The highest BCUT2D eigenvalue weighted by Crippen LogP contribution is 2.75. The third-order valence-corrected chi connectivity index (χ3v) is 74.8. The van der Waals surface area contributed by atoms with Gasteiger partial charge in [-0.2, -0.15) is 0 Å². The summed E-state index contributed by atoms with van der Waals surface area (Å²) in [5, 5.41) is 0. The van der Waals surface area contributed by atoms with E-state index in [1.807, 2.05) is 0 Å². The molecule has 1 saturated heterocycles. The molecule has 1 rings (SSSR count). The minimum Gasteiger partial charge on any atom is -0.0656 e. The fraction of sp³-hybridized carbons (Fsp3) is 1.00. The Bertz CT molecular complexity index is 463. The summed E-state index contributed by atoms with van der Waals surface area (Å²) in [7, 11) is -3.41. The first-order valence-corrected chi connectivity index (χ1v) is 23.3. The van der Waals surface area contributed by atoms with Crippen LogP contribution in [-0.2, 0) is 0 Å². The number of rotatable bonds is 8. The minimum atomic E-state index is -1.65. The highest BCUT2D eigenvalue weighted by molar-refractivity contribution is 7.87. The van der Waals surface area contributed by atoms with Gasteiger partial charge in [0.2, 0.25) is 0 Å². The van der Waals surface area contributed by atoms with Gasteiger partial charge in [-0.25, -0.2) is 0 Å². The molecule has 0 bridgehead atoms. The van der Waals surface area contributed by atoms with Gasteiger partial charge in [0, 0.05) is 23.3 Å². The van der Waals surface area contributed by atoms with Crippen molar-refractivity contribution in [2.45, 2.75) is 149 Å². The molecule has 0 spiro atoms. The lowest BCUT2D eigenvalue weighted by atomic mass is 9.98. The quantitative estimate of drug-likeness (QED) is 0.311. The molecule has 0 aromatic carbocycles. The zero-order valence-corrected chi connectivity index (χ0v) is 27.1. The van der Waals surface area contributed by atoms with E-state index in [0.29, 0.717) is 4.66 Å². The van der Waals surface area contributed by atoms with Crippen molar-refractivity contribution in [2.24, 2.45) is 11.8 Å². The van der Waals surface area contributed by atoms with E-state index in [1.165, 1.54) is 9.04 Å². The van der Waals surface area contributed by atoms with Crippen LogP contribution in [0.5, 0.6) is 0 Å². The Balaban J connectivity index is 4.50. The standard InChI is InChI=1S/C25H56Si4/c1-17(2)25(18(3)4)26-28(21(9)10,22(11)12)29(23(13)14,24(15)16)27(25,19(5)6)20(7)8/h17-24H,1-16H3. The zero-order valence-electron chi connectivity index (χ0n) is 23.1. The topological polar surface area (TPSA) is 0 Å². The highest BCUT2D eigenvalue weighted by atomic mass is 29.8. The Hall–Kier alpha value is 0.868. The van der Waals surface area contributed by atoms with Crippen molar-refractivity contribution in [1.82, 2.24) is 0 Å². The van der Waals surface area contributed by atoms with Gasteiger partial charge >= 0.3 is 0 Å². The van der Waals surface area contributed by atoms with E-state index in [-0.39, 0.29) is 0 Å². The van der Waals surface area contributed by atoms with E-state index in [1.54, 1.807) is 0 Å². The summed E-state index contributed by atoms with van der Waals surface area (Å²) in [6.45, 7) is 43.0. The lowest BCUT2D eigenvalue weighted by molar-refractivity contribution is 0.395. The second-order valence-corrected chi connectivity index (χ2v) is 43.5. The van der Waals surface area contributed by atoms with Crippen LogP contribution < -0.4 is 0 Å². The Morgan fingerprint density at radius 1 is 0.448 bits per heavy atom. The van der Waals surface area contributed by atoms with Crippen LogP contribution in [0.3, 0.4) is 0 Å². The Morgan fingerprint density at radius 2 is 0.759 bits per heavy atom. The van der Waals surface area contributed by atoms with Gasteiger partial charge in [0.15, 0.2) is 0 Å². The molecule has 2 radical (unpaired) electrons. The molecular formula is C25H56Si4. The zero-order chi connectivity index (χ0) is 23.3. The summed E-state index contributed by atoms with van der Waals surface area (Å²) >= 11 is 0.